The molecule has 1 aliphatic rings. The van der Waals surface area contributed by atoms with Crippen LogP contribution in [0.1, 0.15) is 28.9 Å². The summed E-state index contributed by atoms with van der Waals surface area (Å²) < 4.78 is 63.6. The van der Waals surface area contributed by atoms with Crippen LogP contribution >= 0.6 is 0 Å². The van der Waals surface area contributed by atoms with E-state index in [2.05, 4.69) is 34.4 Å². The van der Waals surface area contributed by atoms with Crippen molar-refractivity contribution in [3.63, 3.8) is 0 Å². The highest BCUT2D eigenvalue weighted by molar-refractivity contribution is 5.94. The lowest BCUT2D eigenvalue weighted by atomic mass is 9.89. The number of alkyl halides is 3. The van der Waals surface area contributed by atoms with Crippen molar-refractivity contribution < 1.29 is 42.0 Å². The van der Waals surface area contributed by atoms with Crippen LogP contribution < -0.4 is 15.4 Å². The molecule has 13 heteroatoms. The predicted octanol–water partition coefficient (Wildman–Crippen LogP) is 4.61. The lowest BCUT2D eigenvalue weighted by molar-refractivity contribution is -0.140. The Bertz CT molecular complexity index is 1530. The average molecular weight is 661 g/mol. The largest absolute Gasteiger partial charge is 0.495 e. The lowest BCUT2D eigenvalue weighted by Gasteiger charge is -2.38. The van der Waals surface area contributed by atoms with E-state index in [0.29, 0.717) is 47.7 Å². The minimum Gasteiger partial charge on any atom is -0.495 e. The van der Waals surface area contributed by atoms with E-state index in [0.717, 1.165) is 31.6 Å². The second-order valence-electron chi connectivity index (χ2n) is 11.3. The molecule has 256 valence electrons. The van der Waals surface area contributed by atoms with Gasteiger partial charge in [-0.05, 0) is 74.7 Å². The van der Waals surface area contributed by atoms with Crippen LogP contribution in [0.4, 0.5) is 24.5 Å². The number of methoxy groups -OCH3 is 2. The Morgan fingerprint density at radius 3 is 2.57 bits per heavy atom. The minimum atomic E-state index is -4.45. The normalized spacial score (nSPS) is 16.8. The number of nitrogens with zero attached hydrogens (tertiary/aromatic N) is 2. The highest BCUT2D eigenvalue weighted by atomic mass is 19.4. The Balaban J connectivity index is 1.53. The molecule has 0 bridgehead atoms. The molecule has 2 heterocycles. The number of ether oxygens (including phenoxy) is 4. The molecule has 47 heavy (non-hydrogen) atoms. The number of fused-ring (bicyclic) bond motifs is 1. The summed E-state index contributed by atoms with van der Waals surface area (Å²) in [7, 11) is 4.86. The molecule has 10 nitrogen and oxygen atoms in total. The number of likely N-dealkylation sites (tertiary alicyclic amines) is 1. The van der Waals surface area contributed by atoms with Gasteiger partial charge < -0.3 is 44.2 Å². The zero-order valence-electron chi connectivity index (χ0n) is 27.0. The Hall–Kier alpha value is -3.96. The molecule has 4 rings (SSSR count). The minimum absolute atomic E-state index is 0.0241. The summed E-state index contributed by atoms with van der Waals surface area (Å²) in [5, 5.41) is 16.2. The molecule has 0 radical (unpaired) electrons. The van der Waals surface area contributed by atoms with E-state index in [4.69, 9.17) is 24.1 Å². The first-order valence-corrected chi connectivity index (χ1v) is 15.5. The number of rotatable bonds is 15. The molecular weight excluding hydrogens is 617 g/mol. The first-order valence-electron chi connectivity index (χ1n) is 15.5. The second kappa shape index (κ2) is 17.3. The van der Waals surface area contributed by atoms with Gasteiger partial charge in [-0.25, -0.2) is 4.79 Å². The zero-order chi connectivity index (χ0) is 33.8. The molecule has 1 aromatic heterocycles. The number of hydrogen-bond acceptors (Lipinski definition) is 9. The van der Waals surface area contributed by atoms with Crippen LogP contribution in [-0.4, -0.2) is 107 Å². The number of nitrogens with one attached hydrogen (secondary N) is 2. The fraction of sp³-hybridized carbons (Fsp3) is 0.500. The zero-order valence-corrected chi connectivity index (χ0v) is 27.0. The lowest BCUT2D eigenvalue weighted by Crippen LogP contribution is -2.45. The van der Waals surface area contributed by atoms with Gasteiger partial charge >= 0.3 is 12.1 Å². The van der Waals surface area contributed by atoms with Crippen LogP contribution in [0.5, 0.6) is 5.75 Å². The third-order valence-corrected chi connectivity index (χ3v) is 8.01. The number of anilines is 2. The Morgan fingerprint density at radius 2 is 1.85 bits per heavy atom. The van der Waals surface area contributed by atoms with Crippen molar-refractivity contribution in [2.24, 2.45) is 5.92 Å². The number of carbonyl (C=O) groups is 1. The summed E-state index contributed by atoms with van der Waals surface area (Å²) >= 11 is 0. The number of benzene rings is 2. The maximum absolute atomic E-state index is 13.8. The van der Waals surface area contributed by atoms with Crippen LogP contribution in [-0.2, 0) is 20.8 Å². The van der Waals surface area contributed by atoms with Crippen LogP contribution in [0.15, 0.2) is 42.5 Å². The molecule has 0 aliphatic carbocycles. The van der Waals surface area contributed by atoms with E-state index in [1.165, 1.54) is 18.8 Å². The van der Waals surface area contributed by atoms with Crippen molar-refractivity contribution in [3.8, 4) is 17.6 Å². The van der Waals surface area contributed by atoms with E-state index in [9.17, 15) is 18.0 Å². The number of aromatic nitrogens is 1. The summed E-state index contributed by atoms with van der Waals surface area (Å²) in [5.74, 6) is 6.08. The van der Waals surface area contributed by atoms with E-state index >= 15 is 0 Å². The maximum Gasteiger partial charge on any atom is 0.406 e. The van der Waals surface area contributed by atoms with Gasteiger partial charge in [-0.3, -0.25) is 0 Å². The van der Waals surface area contributed by atoms with E-state index in [-0.39, 0.29) is 37.4 Å². The van der Waals surface area contributed by atoms with Gasteiger partial charge in [-0.15, -0.1) is 0 Å². The maximum atomic E-state index is 13.8. The summed E-state index contributed by atoms with van der Waals surface area (Å²) in [6.07, 6.45) is -2.77. The van der Waals surface area contributed by atoms with Gasteiger partial charge in [0.25, 0.3) is 0 Å². The number of hydrogen-bond donors (Lipinski definition) is 3. The third kappa shape index (κ3) is 10.3. The summed E-state index contributed by atoms with van der Waals surface area (Å²) in [4.78, 5) is 14.2. The number of halogens is 3. The van der Waals surface area contributed by atoms with Crippen LogP contribution in [0, 0.1) is 17.8 Å². The van der Waals surface area contributed by atoms with Crippen molar-refractivity contribution in [1.82, 2.24) is 9.47 Å². The molecule has 1 aliphatic heterocycles. The summed E-state index contributed by atoms with van der Waals surface area (Å²) in [6, 6.07) is 11.9. The highest BCUT2D eigenvalue weighted by Crippen LogP contribution is 2.33. The van der Waals surface area contributed by atoms with E-state index in [1.807, 2.05) is 6.07 Å². The fourth-order valence-electron chi connectivity index (χ4n) is 5.75. The van der Waals surface area contributed by atoms with Crippen LogP contribution in [0.3, 0.4) is 0 Å². The molecular formula is C34H43F3N4O6. The number of aliphatic hydroxyl groups excluding tert-OH is 1. The number of carbonyl (C=O) groups excluding carboxylic acids is 1. The Kier molecular flexibility index (Phi) is 13.2. The Labute approximate surface area is 273 Å². The highest BCUT2D eigenvalue weighted by Gasteiger charge is 2.31. The van der Waals surface area contributed by atoms with Gasteiger partial charge in [0.1, 0.15) is 12.3 Å². The molecule has 2 atom stereocenters. The van der Waals surface area contributed by atoms with Gasteiger partial charge in [0.15, 0.2) is 0 Å². The Morgan fingerprint density at radius 1 is 1.06 bits per heavy atom. The van der Waals surface area contributed by atoms with Crippen molar-refractivity contribution in [2.75, 3.05) is 84.6 Å². The molecule has 3 aromatic rings. The van der Waals surface area contributed by atoms with Crippen LogP contribution in [0.2, 0.25) is 0 Å². The van der Waals surface area contributed by atoms with Crippen molar-refractivity contribution >= 4 is 28.2 Å². The molecule has 1 saturated heterocycles. The van der Waals surface area contributed by atoms with E-state index in [1.54, 1.807) is 36.4 Å². The predicted molar refractivity (Wildman–Crippen MR) is 174 cm³/mol. The summed E-state index contributed by atoms with van der Waals surface area (Å²) in [6.45, 7) is 2.35. The second-order valence-corrected chi connectivity index (χ2v) is 11.3. The molecule has 1 fully saturated rings. The van der Waals surface area contributed by atoms with Gasteiger partial charge in [-0.1, -0.05) is 12.0 Å². The van der Waals surface area contributed by atoms with Gasteiger partial charge in [-0.2, -0.15) is 13.2 Å². The third-order valence-electron chi connectivity index (χ3n) is 8.01. The number of piperidine rings is 1. The van der Waals surface area contributed by atoms with Gasteiger partial charge in [0.05, 0.1) is 69.7 Å². The van der Waals surface area contributed by atoms with E-state index < -0.39 is 18.7 Å². The fourth-order valence-corrected chi connectivity index (χ4v) is 5.75. The average Bonchev–Trinajstić information content (AvgIpc) is 3.39. The quantitative estimate of drug-likeness (QED) is 0.123. The molecule has 2 aromatic carbocycles. The van der Waals surface area contributed by atoms with Crippen LogP contribution in [0.25, 0.3) is 10.9 Å². The molecule has 2 unspecified atom stereocenters. The first kappa shape index (κ1) is 35.9. The monoisotopic (exact) mass is 660 g/mol. The van der Waals surface area contributed by atoms with Crippen molar-refractivity contribution in [1.29, 1.82) is 0 Å². The smallest absolute Gasteiger partial charge is 0.406 e. The van der Waals surface area contributed by atoms with Gasteiger partial charge in [0.2, 0.25) is 0 Å². The molecule has 3 N–H and O–H groups in total. The first-order chi connectivity index (χ1) is 22.6. The molecule has 0 spiro atoms. The SMILES string of the molecule is COC(=O)c1ccc(OC)c(NCC#Cc2cc3c(NC4CCN(C)CC4CCOCCOCCO)cccc3n2CC(F)(F)F)c1. The molecule has 0 saturated carbocycles. The number of esters is 1. The van der Waals surface area contributed by atoms with Crippen molar-refractivity contribution in [2.45, 2.75) is 31.6 Å². The van der Waals surface area contributed by atoms with Gasteiger partial charge in [0, 0.05) is 30.3 Å². The standard InChI is InChI=1S/C34H43F3N4O6/c1-40-14-11-28(25(22-40)12-16-46-18-19-47-17-15-42)39-29-7-4-8-31-27(29)21-26(41(31)23-34(35,36)37)6-5-13-38-30-20-24(33(43)45-3)9-10-32(30)44-2/h4,7-10,20-21,25,28,38-39,42H,11-19,22-23H2,1-3H3. The number of aliphatic hydroxyl groups is 1. The van der Waals surface area contributed by atoms with Crippen molar-refractivity contribution in [3.05, 3.63) is 53.7 Å². The summed E-state index contributed by atoms with van der Waals surface area (Å²) in [5.41, 5.74) is 2.25. The topological polar surface area (TPSA) is 106 Å². The molecule has 0 amide bonds.